The van der Waals surface area contributed by atoms with E-state index in [1.165, 1.54) is 11.9 Å². The van der Waals surface area contributed by atoms with Crippen LogP contribution < -0.4 is 16.0 Å². The van der Waals surface area contributed by atoms with E-state index in [1.807, 2.05) is 19.2 Å². The van der Waals surface area contributed by atoms with Gasteiger partial charge in [0, 0.05) is 37.1 Å². The zero-order valence-electron chi connectivity index (χ0n) is 20.8. The van der Waals surface area contributed by atoms with Gasteiger partial charge in [0.25, 0.3) is 5.71 Å². The maximum absolute atomic E-state index is 5.94. The summed E-state index contributed by atoms with van der Waals surface area (Å²) in [6.45, 7) is 9.41. The van der Waals surface area contributed by atoms with Crippen molar-refractivity contribution in [1.82, 2.24) is 19.9 Å². The second kappa shape index (κ2) is 12.2. The van der Waals surface area contributed by atoms with E-state index in [1.54, 1.807) is 0 Å². The Morgan fingerprint density at radius 2 is 1.60 bits per heavy atom. The van der Waals surface area contributed by atoms with Gasteiger partial charge in [0.05, 0.1) is 0 Å². The van der Waals surface area contributed by atoms with Crippen molar-refractivity contribution in [3.05, 3.63) is 60.4 Å². The second-order valence-electron chi connectivity index (χ2n) is 8.40. The molecule has 184 valence electrons. The van der Waals surface area contributed by atoms with E-state index in [9.17, 15) is 0 Å². The lowest BCUT2D eigenvalue weighted by atomic mass is 10.1. The Morgan fingerprint density at radius 1 is 0.857 bits per heavy atom. The van der Waals surface area contributed by atoms with Crippen molar-refractivity contribution in [3.63, 3.8) is 0 Å². The molecule has 3 N–H and O–H groups in total. The SMILES string of the molecule is CCN(CC)CCCNc1ccc(-c2nc3c(NCCc4ccc(NC)cc4)ncnc3o2)cc1. The predicted octanol–water partition coefficient (Wildman–Crippen LogP) is 5.12. The Labute approximate surface area is 207 Å². The summed E-state index contributed by atoms with van der Waals surface area (Å²) in [5.41, 5.74) is 5.49. The van der Waals surface area contributed by atoms with Crippen LogP contribution in [0.5, 0.6) is 0 Å². The standard InChI is InChI=1S/C27H35N7O/c1-4-34(5-2)18-6-16-29-23-13-9-21(10-14-23)26-33-24-25(31-19-32-27(24)35-26)30-17-15-20-7-11-22(28-3)12-8-20/h7-14,19,28-29H,4-6,15-18H2,1-3H3,(H,30,31,32). The lowest BCUT2D eigenvalue weighted by Gasteiger charge is -2.17. The Bertz CT molecular complexity index is 1180. The minimum Gasteiger partial charge on any atom is -0.417 e. The molecule has 0 aliphatic rings. The molecule has 0 amide bonds. The van der Waals surface area contributed by atoms with Crippen LogP contribution in [0.2, 0.25) is 0 Å². The highest BCUT2D eigenvalue weighted by molar-refractivity contribution is 5.83. The summed E-state index contributed by atoms with van der Waals surface area (Å²) < 4.78 is 5.94. The number of oxazole rings is 1. The van der Waals surface area contributed by atoms with Crippen molar-refractivity contribution in [2.24, 2.45) is 0 Å². The van der Waals surface area contributed by atoms with Crippen LogP contribution in [-0.2, 0) is 6.42 Å². The molecule has 2 aromatic carbocycles. The molecule has 0 spiro atoms. The number of anilines is 3. The number of hydrogen-bond donors (Lipinski definition) is 3. The van der Waals surface area contributed by atoms with E-state index in [-0.39, 0.29) is 0 Å². The molecule has 0 radical (unpaired) electrons. The van der Waals surface area contributed by atoms with E-state index in [0.717, 1.165) is 62.5 Å². The summed E-state index contributed by atoms with van der Waals surface area (Å²) in [6.07, 6.45) is 3.50. The summed E-state index contributed by atoms with van der Waals surface area (Å²) in [7, 11) is 1.92. The number of fused-ring (bicyclic) bond motifs is 1. The molecule has 2 aromatic heterocycles. The molecule has 0 saturated carbocycles. The van der Waals surface area contributed by atoms with E-state index in [4.69, 9.17) is 4.42 Å². The summed E-state index contributed by atoms with van der Waals surface area (Å²) in [4.78, 5) is 15.8. The molecule has 0 bridgehead atoms. The molecule has 0 saturated heterocycles. The molecular formula is C27H35N7O. The normalized spacial score (nSPS) is 11.2. The number of nitrogens with one attached hydrogen (secondary N) is 3. The second-order valence-corrected chi connectivity index (χ2v) is 8.40. The van der Waals surface area contributed by atoms with Gasteiger partial charge in [-0.3, -0.25) is 0 Å². The molecule has 4 aromatic rings. The van der Waals surface area contributed by atoms with E-state index in [2.05, 4.69) is 86.0 Å². The highest BCUT2D eigenvalue weighted by atomic mass is 16.4. The van der Waals surface area contributed by atoms with Crippen LogP contribution in [0.1, 0.15) is 25.8 Å². The van der Waals surface area contributed by atoms with Gasteiger partial charge in [-0.15, -0.1) is 0 Å². The number of aromatic nitrogens is 3. The highest BCUT2D eigenvalue weighted by Crippen LogP contribution is 2.27. The largest absolute Gasteiger partial charge is 0.417 e. The third kappa shape index (κ3) is 6.48. The predicted molar refractivity (Wildman–Crippen MR) is 144 cm³/mol. The summed E-state index contributed by atoms with van der Waals surface area (Å²) in [5.74, 6) is 1.22. The van der Waals surface area contributed by atoms with Gasteiger partial charge < -0.3 is 25.3 Å². The Morgan fingerprint density at radius 3 is 2.31 bits per heavy atom. The van der Waals surface area contributed by atoms with Gasteiger partial charge in [0.2, 0.25) is 5.89 Å². The fourth-order valence-corrected chi connectivity index (χ4v) is 3.98. The third-order valence-corrected chi connectivity index (χ3v) is 6.15. The molecule has 0 unspecified atom stereocenters. The number of nitrogens with zero attached hydrogens (tertiary/aromatic N) is 4. The molecule has 0 atom stereocenters. The summed E-state index contributed by atoms with van der Waals surface area (Å²) in [5, 5.41) is 10.0. The maximum atomic E-state index is 5.94. The number of hydrogen-bond acceptors (Lipinski definition) is 8. The van der Waals surface area contributed by atoms with Gasteiger partial charge in [-0.25, -0.2) is 9.97 Å². The molecule has 0 fully saturated rings. The molecule has 8 nitrogen and oxygen atoms in total. The van der Waals surface area contributed by atoms with Crippen molar-refractivity contribution in [1.29, 1.82) is 0 Å². The van der Waals surface area contributed by atoms with Gasteiger partial charge >= 0.3 is 0 Å². The van der Waals surface area contributed by atoms with Gasteiger partial charge in [-0.05, 0) is 74.4 Å². The first kappa shape index (κ1) is 24.5. The first-order chi connectivity index (χ1) is 17.2. The van der Waals surface area contributed by atoms with Crippen molar-refractivity contribution in [2.75, 3.05) is 55.7 Å². The van der Waals surface area contributed by atoms with Gasteiger partial charge in [-0.2, -0.15) is 4.98 Å². The van der Waals surface area contributed by atoms with E-state index in [0.29, 0.717) is 22.9 Å². The highest BCUT2D eigenvalue weighted by Gasteiger charge is 2.14. The Hall–Kier alpha value is -3.65. The lowest BCUT2D eigenvalue weighted by Crippen LogP contribution is -2.25. The Kier molecular flexibility index (Phi) is 8.51. The van der Waals surface area contributed by atoms with E-state index >= 15 is 0 Å². The van der Waals surface area contributed by atoms with Crippen molar-refractivity contribution < 1.29 is 4.42 Å². The quantitative estimate of drug-likeness (QED) is 0.230. The zero-order chi connectivity index (χ0) is 24.5. The van der Waals surface area contributed by atoms with Crippen LogP contribution in [0.3, 0.4) is 0 Å². The Balaban J connectivity index is 1.35. The lowest BCUT2D eigenvalue weighted by molar-refractivity contribution is 0.303. The fraction of sp³-hybridized carbons (Fsp3) is 0.370. The molecule has 0 aliphatic carbocycles. The summed E-state index contributed by atoms with van der Waals surface area (Å²) in [6, 6.07) is 16.6. The average molecular weight is 474 g/mol. The minimum atomic E-state index is 0.481. The summed E-state index contributed by atoms with van der Waals surface area (Å²) >= 11 is 0. The first-order valence-electron chi connectivity index (χ1n) is 12.4. The first-order valence-corrected chi connectivity index (χ1v) is 12.4. The number of benzene rings is 2. The molecule has 35 heavy (non-hydrogen) atoms. The monoisotopic (exact) mass is 473 g/mol. The van der Waals surface area contributed by atoms with Crippen LogP contribution in [0.4, 0.5) is 17.2 Å². The van der Waals surface area contributed by atoms with Gasteiger partial charge in [0.15, 0.2) is 11.3 Å². The van der Waals surface area contributed by atoms with Crippen LogP contribution in [0.25, 0.3) is 22.7 Å². The molecule has 0 aliphatic heterocycles. The van der Waals surface area contributed by atoms with Crippen LogP contribution in [0.15, 0.2) is 59.3 Å². The molecule has 2 heterocycles. The minimum absolute atomic E-state index is 0.481. The van der Waals surface area contributed by atoms with Gasteiger partial charge in [-0.1, -0.05) is 26.0 Å². The zero-order valence-corrected chi connectivity index (χ0v) is 20.8. The third-order valence-electron chi connectivity index (χ3n) is 6.15. The smallest absolute Gasteiger partial charge is 0.252 e. The van der Waals surface area contributed by atoms with E-state index < -0.39 is 0 Å². The van der Waals surface area contributed by atoms with Crippen LogP contribution >= 0.6 is 0 Å². The van der Waals surface area contributed by atoms with Gasteiger partial charge in [0.1, 0.15) is 6.33 Å². The van der Waals surface area contributed by atoms with Crippen molar-refractivity contribution in [2.45, 2.75) is 26.7 Å². The molecular weight excluding hydrogens is 438 g/mol. The molecule has 4 rings (SSSR count). The van der Waals surface area contributed by atoms with Crippen LogP contribution in [0, 0.1) is 0 Å². The van der Waals surface area contributed by atoms with Crippen LogP contribution in [-0.4, -0.2) is 59.6 Å². The van der Waals surface area contributed by atoms with Crippen molar-refractivity contribution in [3.8, 4) is 11.5 Å². The fourth-order valence-electron chi connectivity index (χ4n) is 3.98. The average Bonchev–Trinajstić information content (AvgIpc) is 3.35. The number of rotatable bonds is 13. The topological polar surface area (TPSA) is 91.1 Å². The molecule has 8 heteroatoms. The maximum Gasteiger partial charge on any atom is 0.252 e. The van der Waals surface area contributed by atoms with Crippen molar-refractivity contribution >= 4 is 28.4 Å².